The zero-order chi connectivity index (χ0) is 16.9. The average molecular weight is 319 g/mol. The van der Waals surface area contributed by atoms with E-state index in [2.05, 4.69) is 5.10 Å². The summed E-state index contributed by atoms with van der Waals surface area (Å²) in [6, 6.07) is -0.219. The minimum Gasteiger partial charge on any atom is -0.444 e. The number of nitrogens with zero attached hydrogens (tertiary/aromatic N) is 3. The van der Waals surface area contributed by atoms with Crippen molar-refractivity contribution < 1.29 is 22.7 Å². The van der Waals surface area contributed by atoms with Gasteiger partial charge in [-0.15, -0.1) is 0 Å². The maximum atomic E-state index is 13.1. The van der Waals surface area contributed by atoms with Crippen LogP contribution in [0.2, 0.25) is 0 Å². The second kappa shape index (κ2) is 5.17. The van der Waals surface area contributed by atoms with Gasteiger partial charge in [0, 0.05) is 11.6 Å². The van der Waals surface area contributed by atoms with E-state index in [9.17, 15) is 18.0 Å². The number of carbonyl (C=O) groups excluding carboxylic acids is 1. The molecule has 0 saturated carbocycles. The zero-order valence-electron chi connectivity index (χ0n) is 13.3. The highest BCUT2D eigenvalue weighted by Gasteiger charge is 2.43. The van der Waals surface area contributed by atoms with Crippen molar-refractivity contribution in [2.45, 2.75) is 65.5 Å². The van der Waals surface area contributed by atoms with Crippen LogP contribution in [0.25, 0.3) is 0 Å². The number of alkyl halides is 3. The predicted molar refractivity (Wildman–Crippen MR) is 73.1 cm³/mol. The Morgan fingerprint density at radius 3 is 2.27 bits per heavy atom. The van der Waals surface area contributed by atoms with Crippen LogP contribution in [0.4, 0.5) is 18.0 Å². The molecule has 1 aromatic heterocycles. The first kappa shape index (κ1) is 16.6. The van der Waals surface area contributed by atoms with Gasteiger partial charge in [0.25, 0.3) is 0 Å². The van der Waals surface area contributed by atoms with E-state index in [1.807, 2.05) is 0 Å². The normalized spacial score (nSPS) is 15.4. The molecule has 5 nitrogen and oxygen atoms in total. The van der Waals surface area contributed by atoms with Crippen molar-refractivity contribution in [1.82, 2.24) is 14.7 Å². The average Bonchev–Trinajstić information content (AvgIpc) is 2.81. The lowest BCUT2D eigenvalue weighted by Gasteiger charge is -2.24. The molecule has 0 atom stereocenters. The largest absolute Gasteiger partial charge is 0.444 e. The number of aromatic nitrogens is 2. The van der Waals surface area contributed by atoms with E-state index in [1.54, 1.807) is 34.6 Å². The van der Waals surface area contributed by atoms with Crippen molar-refractivity contribution in [3.8, 4) is 0 Å². The fourth-order valence-electron chi connectivity index (χ4n) is 2.38. The van der Waals surface area contributed by atoms with Gasteiger partial charge in [0.2, 0.25) is 0 Å². The summed E-state index contributed by atoms with van der Waals surface area (Å²) >= 11 is 0. The number of ether oxygens (including phenoxy) is 1. The summed E-state index contributed by atoms with van der Waals surface area (Å²) in [7, 11) is 0. The van der Waals surface area contributed by atoms with Gasteiger partial charge >= 0.3 is 12.3 Å². The molecule has 1 aliphatic heterocycles. The molecule has 1 aromatic rings. The summed E-state index contributed by atoms with van der Waals surface area (Å²) in [6.07, 6.45) is -5.15. The molecular weight excluding hydrogens is 299 g/mol. The van der Waals surface area contributed by atoms with Crippen LogP contribution >= 0.6 is 0 Å². The zero-order valence-corrected chi connectivity index (χ0v) is 13.3. The molecule has 8 heteroatoms. The van der Waals surface area contributed by atoms with Gasteiger partial charge in [0.1, 0.15) is 5.60 Å². The topological polar surface area (TPSA) is 47.4 Å². The van der Waals surface area contributed by atoms with Gasteiger partial charge in [-0.05, 0) is 34.6 Å². The summed E-state index contributed by atoms with van der Waals surface area (Å²) < 4.78 is 45.9. The first-order valence-electron chi connectivity index (χ1n) is 7.05. The third-order valence-corrected chi connectivity index (χ3v) is 3.22. The summed E-state index contributed by atoms with van der Waals surface area (Å²) in [6.45, 7) is 8.59. The van der Waals surface area contributed by atoms with Crippen molar-refractivity contribution in [3.63, 3.8) is 0 Å². The number of carbonyl (C=O) groups is 1. The minimum absolute atomic E-state index is 0.0621. The van der Waals surface area contributed by atoms with E-state index in [4.69, 9.17) is 4.74 Å². The van der Waals surface area contributed by atoms with Gasteiger partial charge in [-0.25, -0.2) is 4.79 Å². The van der Waals surface area contributed by atoms with Crippen molar-refractivity contribution in [2.24, 2.45) is 0 Å². The molecule has 0 radical (unpaired) electrons. The highest BCUT2D eigenvalue weighted by molar-refractivity contribution is 5.69. The van der Waals surface area contributed by atoms with Gasteiger partial charge in [0.15, 0.2) is 5.69 Å². The SMILES string of the molecule is CC(C)n1nc(C(F)(F)F)c2c1CN(C(=O)OC(C)(C)C)C2. The second-order valence-electron chi connectivity index (χ2n) is 6.65. The highest BCUT2D eigenvalue weighted by atomic mass is 19.4. The lowest BCUT2D eigenvalue weighted by atomic mass is 10.2. The molecule has 0 saturated heterocycles. The second-order valence-corrected chi connectivity index (χ2v) is 6.65. The summed E-state index contributed by atoms with van der Waals surface area (Å²) in [4.78, 5) is 13.3. The number of hydrogen-bond acceptors (Lipinski definition) is 3. The number of rotatable bonds is 1. The van der Waals surface area contributed by atoms with Crippen LogP contribution in [0.5, 0.6) is 0 Å². The molecular formula is C14H20F3N3O2. The maximum absolute atomic E-state index is 13.1. The Balaban J connectivity index is 2.32. The van der Waals surface area contributed by atoms with Crippen LogP contribution in [0.1, 0.15) is 57.6 Å². The molecule has 1 amide bonds. The smallest absolute Gasteiger partial charge is 0.435 e. The van der Waals surface area contributed by atoms with E-state index < -0.39 is 23.6 Å². The molecule has 0 N–H and O–H groups in total. The standard InChI is InChI=1S/C14H20F3N3O2/c1-8(2)20-10-7-19(12(21)22-13(3,4)5)6-9(10)11(18-20)14(15,16)17/h8H,6-7H2,1-5H3. The molecule has 2 heterocycles. The first-order chi connectivity index (χ1) is 9.90. The lowest BCUT2D eigenvalue weighted by Crippen LogP contribution is -2.34. The fraction of sp³-hybridized carbons (Fsp3) is 0.714. The number of fused-ring (bicyclic) bond motifs is 1. The van der Waals surface area contributed by atoms with Gasteiger partial charge in [-0.2, -0.15) is 18.3 Å². The summed E-state index contributed by atoms with van der Waals surface area (Å²) in [5, 5.41) is 3.68. The molecule has 0 aliphatic carbocycles. The third-order valence-electron chi connectivity index (χ3n) is 3.22. The molecule has 0 spiro atoms. The Labute approximate surface area is 127 Å². The Morgan fingerprint density at radius 1 is 1.23 bits per heavy atom. The van der Waals surface area contributed by atoms with Crippen molar-refractivity contribution in [1.29, 1.82) is 0 Å². The number of amides is 1. The molecule has 22 heavy (non-hydrogen) atoms. The van der Waals surface area contributed by atoms with Gasteiger partial charge < -0.3 is 4.74 Å². The Morgan fingerprint density at radius 2 is 1.82 bits per heavy atom. The Hall–Kier alpha value is -1.73. The van der Waals surface area contributed by atoms with E-state index in [0.717, 1.165) is 0 Å². The van der Waals surface area contributed by atoms with Crippen molar-refractivity contribution in [3.05, 3.63) is 17.0 Å². The number of halogens is 3. The van der Waals surface area contributed by atoms with Crippen molar-refractivity contribution in [2.75, 3.05) is 0 Å². The molecule has 2 rings (SSSR count). The molecule has 0 unspecified atom stereocenters. The van der Waals surface area contributed by atoms with Crippen LogP contribution < -0.4 is 0 Å². The minimum atomic E-state index is -4.53. The summed E-state index contributed by atoms with van der Waals surface area (Å²) in [5.74, 6) is 0. The molecule has 124 valence electrons. The maximum Gasteiger partial charge on any atom is 0.435 e. The van der Waals surface area contributed by atoms with Gasteiger partial charge in [0.05, 0.1) is 18.8 Å². The van der Waals surface area contributed by atoms with Crippen LogP contribution in [-0.4, -0.2) is 26.4 Å². The number of hydrogen-bond donors (Lipinski definition) is 0. The van der Waals surface area contributed by atoms with Gasteiger partial charge in [-0.1, -0.05) is 0 Å². The first-order valence-corrected chi connectivity index (χ1v) is 7.05. The third kappa shape index (κ3) is 3.20. The summed E-state index contributed by atoms with van der Waals surface area (Å²) in [5.41, 5.74) is -1.12. The molecule has 0 bridgehead atoms. The van der Waals surface area contributed by atoms with Crippen molar-refractivity contribution >= 4 is 6.09 Å². The van der Waals surface area contributed by atoms with E-state index in [-0.39, 0.29) is 24.7 Å². The predicted octanol–water partition coefficient (Wildman–Crippen LogP) is 3.73. The van der Waals surface area contributed by atoms with E-state index >= 15 is 0 Å². The Bertz CT molecular complexity index is 585. The van der Waals surface area contributed by atoms with Crippen LogP contribution in [-0.2, 0) is 24.0 Å². The molecule has 0 aromatic carbocycles. The van der Waals surface area contributed by atoms with Crippen LogP contribution in [0.3, 0.4) is 0 Å². The lowest BCUT2D eigenvalue weighted by molar-refractivity contribution is -0.142. The van der Waals surface area contributed by atoms with Crippen LogP contribution in [0.15, 0.2) is 0 Å². The van der Waals surface area contributed by atoms with Gasteiger partial charge in [-0.3, -0.25) is 9.58 Å². The Kier molecular flexibility index (Phi) is 3.91. The molecule has 1 aliphatic rings. The highest BCUT2D eigenvalue weighted by Crippen LogP contribution is 2.37. The molecule has 0 fully saturated rings. The quantitative estimate of drug-likeness (QED) is 0.792. The monoisotopic (exact) mass is 319 g/mol. The van der Waals surface area contributed by atoms with E-state index in [0.29, 0.717) is 5.69 Å². The fourth-order valence-corrected chi connectivity index (χ4v) is 2.38. The van der Waals surface area contributed by atoms with Crippen LogP contribution in [0, 0.1) is 0 Å². The van der Waals surface area contributed by atoms with E-state index in [1.165, 1.54) is 9.58 Å².